The van der Waals surface area contributed by atoms with Crippen LogP contribution in [0.25, 0.3) is 0 Å². The molecule has 0 atom stereocenters. The van der Waals surface area contributed by atoms with Gasteiger partial charge in [-0.1, -0.05) is 12.1 Å². The Kier molecular flexibility index (Phi) is 4.34. The van der Waals surface area contributed by atoms with Crippen molar-refractivity contribution < 1.29 is 13.6 Å². The number of para-hydroxylation sites is 1. The molecular weight excluding hydrogens is 330 g/mol. The molecule has 3 nitrogen and oxygen atoms in total. The van der Waals surface area contributed by atoms with E-state index in [0.29, 0.717) is 11.3 Å². The van der Waals surface area contributed by atoms with Crippen molar-refractivity contribution in [3.8, 4) is 0 Å². The summed E-state index contributed by atoms with van der Waals surface area (Å²) in [5.41, 5.74) is 0.738. The van der Waals surface area contributed by atoms with Gasteiger partial charge in [0.2, 0.25) is 0 Å². The van der Waals surface area contributed by atoms with Crippen LogP contribution in [0.2, 0.25) is 0 Å². The Labute approximate surface area is 123 Å². The Balaban J connectivity index is 2.30. The summed E-state index contributed by atoms with van der Waals surface area (Å²) in [5, 5.41) is 5.22. The molecule has 0 fully saturated rings. The molecule has 2 aromatic rings. The van der Waals surface area contributed by atoms with Crippen LogP contribution in [0.4, 0.5) is 20.2 Å². The van der Waals surface area contributed by atoms with Crippen LogP contribution in [-0.2, 0) is 0 Å². The van der Waals surface area contributed by atoms with Crippen molar-refractivity contribution in [1.82, 2.24) is 0 Å². The van der Waals surface area contributed by atoms with Crippen molar-refractivity contribution >= 4 is 33.2 Å². The third-order valence-corrected chi connectivity index (χ3v) is 3.31. The minimum atomic E-state index is -0.714. The molecule has 0 unspecified atom stereocenters. The smallest absolute Gasteiger partial charge is 0.257 e. The fourth-order valence-electron chi connectivity index (χ4n) is 1.71. The van der Waals surface area contributed by atoms with Gasteiger partial charge in [-0.15, -0.1) is 0 Å². The van der Waals surface area contributed by atoms with Gasteiger partial charge in [-0.2, -0.15) is 0 Å². The van der Waals surface area contributed by atoms with Crippen molar-refractivity contribution in [2.75, 3.05) is 17.7 Å². The zero-order valence-electron chi connectivity index (χ0n) is 10.5. The number of hydrogen-bond donors (Lipinski definition) is 2. The van der Waals surface area contributed by atoms with Crippen molar-refractivity contribution in [2.45, 2.75) is 0 Å². The molecular formula is C14H11BrF2N2O. The molecule has 0 aromatic heterocycles. The predicted molar refractivity (Wildman–Crippen MR) is 78.0 cm³/mol. The molecule has 0 heterocycles. The fourth-order valence-corrected chi connectivity index (χ4v) is 2.02. The Morgan fingerprint density at radius 2 is 1.80 bits per heavy atom. The molecule has 6 heteroatoms. The van der Waals surface area contributed by atoms with Crippen molar-refractivity contribution in [3.63, 3.8) is 0 Å². The van der Waals surface area contributed by atoms with E-state index in [4.69, 9.17) is 0 Å². The number of carbonyl (C=O) groups is 1. The van der Waals surface area contributed by atoms with Crippen molar-refractivity contribution in [2.24, 2.45) is 0 Å². The van der Waals surface area contributed by atoms with E-state index in [-0.39, 0.29) is 10.2 Å². The van der Waals surface area contributed by atoms with E-state index in [1.54, 1.807) is 31.3 Å². The van der Waals surface area contributed by atoms with Crippen molar-refractivity contribution in [1.29, 1.82) is 0 Å². The fraction of sp³-hybridized carbons (Fsp3) is 0.0714. The number of hydrogen-bond acceptors (Lipinski definition) is 2. The van der Waals surface area contributed by atoms with E-state index in [1.165, 1.54) is 0 Å². The van der Waals surface area contributed by atoms with Gasteiger partial charge in [-0.3, -0.25) is 4.79 Å². The normalized spacial score (nSPS) is 10.2. The van der Waals surface area contributed by atoms with E-state index in [9.17, 15) is 13.6 Å². The maximum absolute atomic E-state index is 13.7. The highest BCUT2D eigenvalue weighted by Gasteiger charge is 2.14. The van der Waals surface area contributed by atoms with Crippen LogP contribution in [0.5, 0.6) is 0 Å². The highest BCUT2D eigenvalue weighted by atomic mass is 79.9. The van der Waals surface area contributed by atoms with Crippen LogP contribution in [0.1, 0.15) is 10.4 Å². The maximum atomic E-state index is 13.7. The third-order valence-electron chi connectivity index (χ3n) is 2.70. The van der Waals surface area contributed by atoms with Crippen LogP contribution in [0.3, 0.4) is 0 Å². The Morgan fingerprint density at radius 1 is 1.10 bits per heavy atom. The number of benzene rings is 2. The molecule has 0 aliphatic rings. The van der Waals surface area contributed by atoms with Gasteiger partial charge in [0.1, 0.15) is 11.6 Å². The van der Waals surface area contributed by atoms with Crippen molar-refractivity contribution in [3.05, 3.63) is 58.1 Å². The van der Waals surface area contributed by atoms with Gasteiger partial charge in [0.05, 0.1) is 15.7 Å². The van der Waals surface area contributed by atoms with Crippen LogP contribution in [0, 0.1) is 11.6 Å². The minimum Gasteiger partial charge on any atom is -0.387 e. The Bertz CT molecular complexity index is 662. The van der Waals surface area contributed by atoms with E-state index in [0.717, 1.165) is 12.1 Å². The molecule has 0 spiro atoms. The van der Waals surface area contributed by atoms with E-state index in [1.807, 2.05) is 0 Å². The number of nitrogens with one attached hydrogen (secondary N) is 2. The SMILES string of the molecule is CNc1ccccc1C(=O)Nc1cc(F)c(Br)cc1F. The third kappa shape index (κ3) is 2.96. The molecule has 20 heavy (non-hydrogen) atoms. The summed E-state index contributed by atoms with van der Waals surface area (Å²) in [6.07, 6.45) is 0. The lowest BCUT2D eigenvalue weighted by atomic mass is 10.1. The van der Waals surface area contributed by atoms with Gasteiger partial charge in [-0.05, 0) is 34.1 Å². The Morgan fingerprint density at radius 3 is 2.50 bits per heavy atom. The lowest BCUT2D eigenvalue weighted by molar-refractivity contribution is 0.102. The predicted octanol–water partition coefficient (Wildman–Crippen LogP) is 4.02. The second-order valence-electron chi connectivity index (χ2n) is 4.00. The summed E-state index contributed by atoms with van der Waals surface area (Å²) >= 11 is 2.88. The summed E-state index contributed by atoms with van der Waals surface area (Å²) in [5.74, 6) is -1.88. The number of rotatable bonds is 3. The molecule has 0 saturated carbocycles. The number of amides is 1. The van der Waals surface area contributed by atoms with E-state index < -0.39 is 17.5 Å². The van der Waals surface area contributed by atoms with Gasteiger partial charge >= 0.3 is 0 Å². The van der Waals surface area contributed by atoms with Crippen LogP contribution in [-0.4, -0.2) is 13.0 Å². The van der Waals surface area contributed by atoms with Gasteiger partial charge in [0, 0.05) is 18.8 Å². The molecule has 2 rings (SSSR count). The molecule has 104 valence electrons. The topological polar surface area (TPSA) is 41.1 Å². The van der Waals surface area contributed by atoms with Crippen LogP contribution >= 0.6 is 15.9 Å². The second kappa shape index (κ2) is 6.00. The summed E-state index contributed by atoms with van der Waals surface area (Å²) in [6, 6.07) is 8.66. The number of halogens is 3. The minimum absolute atomic E-state index is 0.00336. The summed E-state index contributed by atoms with van der Waals surface area (Å²) in [6.45, 7) is 0. The maximum Gasteiger partial charge on any atom is 0.257 e. The zero-order chi connectivity index (χ0) is 14.7. The Hall–Kier alpha value is -1.95. The first-order valence-corrected chi connectivity index (χ1v) is 6.55. The quantitative estimate of drug-likeness (QED) is 0.828. The molecule has 2 N–H and O–H groups in total. The lowest BCUT2D eigenvalue weighted by Gasteiger charge is -2.10. The summed E-state index contributed by atoms with van der Waals surface area (Å²) in [7, 11) is 1.67. The number of carbonyl (C=O) groups excluding carboxylic acids is 1. The molecule has 2 aromatic carbocycles. The largest absolute Gasteiger partial charge is 0.387 e. The molecule has 1 amide bonds. The van der Waals surface area contributed by atoms with Gasteiger partial charge in [0.15, 0.2) is 0 Å². The molecule has 0 saturated heterocycles. The van der Waals surface area contributed by atoms with Gasteiger partial charge < -0.3 is 10.6 Å². The molecule has 0 radical (unpaired) electrons. The zero-order valence-corrected chi connectivity index (χ0v) is 12.1. The van der Waals surface area contributed by atoms with E-state index >= 15 is 0 Å². The van der Waals surface area contributed by atoms with E-state index in [2.05, 4.69) is 26.6 Å². The molecule has 0 bridgehead atoms. The first kappa shape index (κ1) is 14.5. The molecule has 0 aliphatic carbocycles. The summed E-state index contributed by atoms with van der Waals surface area (Å²) < 4.78 is 27.0. The van der Waals surface area contributed by atoms with Crippen LogP contribution in [0.15, 0.2) is 40.9 Å². The van der Waals surface area contributed by atoms with Gasteiger partial charge in [-0.25, -0.2) is 8.78 Å². The first-order chi connectivity index (χ1) is 9.52. The van der Waals surface area contributed by atoms with Crippen LogP contribution < -0.4 is 10.6 Å². The highest BCUT2D eigenvalue weighted by Crippen LogP contribution is 2.24. The average Bonchev–Trinajstić information content (AvgIpc) is 2.44. The van der Waals surface area contributed by atoms with Gasteiger partial charge in [0.25, 0.3) is 5.91 Å². The summed E-state index contributed by atoms with van der Waals surface area (Å²) in [4.78, 5) is 12.1. The average molecular weight is 341 g/mol. The lowest BCUT2D eigenvalue weighted by Crippen LogP contribution is -2.15. The molecule has 0 aliphatic heterocycles. The highest BCUT2D eigenvalue weighted by molar-refractivity contribution is 9.10. The first-order valence-electron chi connectivity index (χ1n) is 5.75. The monoisotopic (exact) mass is 340 g/mol. The second-order valence-corrected chi connectivity index (χ2v) is 4.85. The number of anilines is 2. The standard InChI is InChI=1S/C14H11BrF2N2O/c1-18-12-5-3-2-4-8(12)14(20)19-13-7-10(16)9(15)6-11(13)17/h2-7,18H,1H3,(H,19,20).